The van der Waals surface area contributed by atoms with Crippen LogP contribution < -0.4 is 33.8 Å². The standard InChI is InChI=1S/C28H34N9O20P3/c29-26-33-24-23(25(41)34-26)30-11-37(24)22-7-13(16(54-22)8-50-58(44)45)56-60(48,49)52-10-17-14(6-21(55-17)36-4-2-19(40)32-28(36)43)57-59(46,47)51-9-15-12(38)5-20(53-15)35-3-1-18(39)31-27(35)42/h1-4,11-17,20-22,38H,5-10H2,(H7-,29,31,32,33,34,39,40,41,42,43,44,45,46,47,48,49)/p+1/t12-,13-,14-,15+,16+,17+,20+,21+,22+/m0/s1. The van der Waals surface area contributed by atoms with Gasteiger partial charge in [0.05, 0.1) is 25.6 Å². The summed E-state index contributed by atoms with van der Waals surface area (Å²) in [6.07, 6.45) is -9.27. The molecule has 4 aromatic rings. The number of phosphoric acid groups is 2. The zero-order valence-electron chi connectivity index (χ0n) is 30.3. The Bertz CT molecular complexity index is 2650. The maximum absolute atomic E-state index is 13.4. The number of aromatic amines is 3. The quantitative estimate of drug-likeness (QED) is 0.0548. The Hall–Kier alpha value is -4.41. The van der Waals surface area contributed by atoms with Crippen LogP contribution in [0.2, 0.25) is 0 Å². The van der Waals surface area contributed by atoms with Crippen LogP contribution in [0.15, 0.2) is 54.8 Å². The van der Waals surface area contributed by atoms with E-state index < -0.39 is 134 Å². The third-order valence-electron chi connectivity index (χ3n) is 9.34. The number of hydrogen-bond acceptors (Lipinski definition) is 20. The predicted molar refractivity (Wildman–Crippen MR) is 194 cm³/mol. The lowest BCUT2D eigenvalue weighted by molar-refractivity contribution is -0.0608. The van der Waals surface area contributed by atoms with Crippen molar-refractivity contribution >= 4 is 41.0 Å². The van der Waals surface area contributed by atoms with E-state index >= 15 is 0 Å². The van der Waals surface area contributed by atoms with E-state index in [2.05, 4.69) is 15.0 Å². The van der Waals surface area contributed by atoms with Gasteiger partial charge >= 0.3 is 35.3 Å². The second-order valence-electron chi connectivity index (χ2n) is 13.3. The SMILES string of the molecule is Nc1nc2c(ncn2[C@H]2C[C@H](OP(=O)(O)OC[C@H]3O[C@@H](n4ccc(=O)[nH]c4=O)C[C@@H]3OP(=O)(O)OC[C@H]3O[C@@H](n4ccc(=O)[nH]c4=O)C[C@@H]3O)[C@@H](CO[P+](=O)O)O2)c(=O)[nH]1. The first-order valence-electron chi connectivity index (χ1n) is 17.4. The van der Waals surface area contributed by atoms with Crippen LogP contribution in [0.5, 0.6) is 0 Å². The summed E-state index contributed by atoms with van der Waals surface area (Å²) in [7, 11) is -13.5. The first-order valence-corrected chi connectivity index (χ1v) is 21.6. The van der Waals surface area contributed by atoms with E-state index in [1.165, 1.54) is 10.9 Å². The molecular formula is C28H35N9O20P3+. The van der Waals surface area contributed by atoms with E-state index in [0.717, 1.165) is 33.7 Å². The highest BCUT2D eigenvalue weighted by atomic mass is 31.2. The molecule has 0 radical (unpaired) electrons. The van der Waals surface area contributed by atoms with Crippen LogP contribution in [-0.4, -0.2) is 115 Å². The van der Waals surface area contributed by atoms with E-state index in [9.17, 15) is 57.5 Å². The molecule has 0 aromatic carbocycles. The van der Waals surface area contributed by atoms with Gasteiger partial charge in [0.1, 0.15) is 55.8 Å². The van der Waals surface area contributed by atoms with Crippen LogP contribution in [0, 0.1) is 0 Å². The largest absolute Gasteiger partial charge is 0.694 e. The van der Waals surface area contributed by atoms with Crippen molar-refractivity contribution in [2.24, 2.45) is 0 Å². The summed E-state index contributed by atoms with van der Waals surface area (Å²) in [5, 5.41) is 10.5. The second kappa shape index (κ2) is 17.5. The van der Waals surface area contributed by atoms with Gasteiger partial charge in [-0.2, -0.15) is 4.98 Å². The van der Waals surface area contributed by atoms with Crippen molar-refractivity contribution in [2.45, 2.75) is 74.6 Å². The van der Waals surface area contributed by atoms with Crippen molar-refractivity contribution in [3.8, 4) is 0 Å². The summed E-state index contributed by atoms with van der Waals surface area (Å²) in [6.45, 7) is -2.30. The van der Waals surface area contributed by atoms with Gasteiger partial charge in [-0.15, -0.1) is 9.42 Å². The average Bonchev–Trinajstić information content (AvgIpc) is 3.94. The average molecular weight is 911 g/mol. The topological polar surface area (TPSA) is 405 Å². The van der Waals surface area contributed by atoms with Crippen LogP contribution in [0.1, 0.15) is 37.9 Å². The van der Waals surface area contributed by atoms with Gasteiger partial charge in [0, 0.05) is 48.4 Å². The van der Waals surface area contributed by atoms with Crippen LogP contribution in [-0.2, 0) is 50.5 Å². The molecule has 3 unspecified atom stereocenters. The number of aliphatic hydroxyl groups excluding tert-OH is 1. The number of fused-ring (bicyclic) bond motifs is 1. The molecule has 12 atom stereocenters. The van der Waals surface area contributed by atoms with E-state index in [-0.39, 0.29) is 30.0 Å². The summed E-state index contributed by atoms with van der Waals surface area (Å²) in [5.41, 5.74) is 1.66. The lowest BCUT2D eigenvalue weighted by Crippen LogP contribution is -2.32. The van der Waals surface area contributed by atoms with Gasteiger partial charge in [0.25, 0.3) is 16.7 Å². The van der Waals surface area contributed by atoms with Crippen molar-refractivity contribution in [3.05, 3.63) is 82.9 Å². The summed E-state index contributed by atoms with van der Waals surface area (Å²) >= 11 is 0. The number of phosphoric ester groups is 2. The molecule has 32 heteroatoms. The second-order valence-corrected chi connectivity index (χ2v) is 16.9. The van der Waals surface area contributed by atoms with Gasteiger partial charge in [0.15, 0.2) is 11.2 Å². The lowest BCUT2D eigenvalue weighted by atomic mass is 10.2. The smallest absolute Gasteiger partial charge is 0.390 e. The molecule has 3 aliphatic rings. The number of imidazole rings is 1. The highest BCUT2D eigenvalue weighted by Gasteiger charge is 2.47. The highest BCUT2D eigenvalue weighted by molar-refractivity contribution is 7.47. The Kier molecular flexibility index (Phi) is 12.8. The number of rotatable bonds is 16. The Labute approximate surface area is 332 Å². The Morgan fingerprint density at radius 1 is 0.783 bits per heavy atom. The van der Waals surface area contributed by atoms with Crippen molar-refractivity contribution in [2.75, 3.05) is 25.6 Å². The summed E-state index contributed by atoms with van der Waals surface area (Å²) in [6, 6.07) is 2.04. The number of nitrogens with one attached hydrogen (secondary N) is 3. The minimum absolute atomic E-state index is 0.0252. The van der Waals surface area contributed by atoms with E-state index in [4.69, 9.17) is 42.6 Å². The minimum atomic E-state index is -5.19. The molecule has 7 heterocycles. The fourth-order valence-corrected chi connectivity index (χ4v) is 8.83. The van der Waals surface area contributed by atoms with Crippen LogP contribution in [0.25, 0.3) is 11.2 Å². The molecule has 9 N–H and O–H groups in total. The maximum Gasteiger partial charge on any atom is 0.694 e. The zero-order chi connectivity index (χ0) is 43.1. The van der Waals surface area contributed by atoms with Crippen molar-refractivity contribution in [3.63, 3.8) is 0 Å². The molecule has 3 aliphatic heterocycles. The first kappa shape index (κ1) is 43.7. The zero-order valence-corrected chi connectivity index (χ0v) is 33.0. The van der Waals surface area contributed by atoms with Gasteiger partial charge in [0.2, 0.25) is 5.95 Å². The molecule has 0 spiro atoms. The van der Waals surface area contributed by atoms with Crippen LogP contribution >= 0.6 is 23.9 Å². The number of nitrogen functional groups attached to an aromatic ring is 1. The molecule has 0 saturated carbocycles. The van der Waals surface area contributed by atoms with Crippen molar-refractivity contribution < 1.29 is 70.3 Å². The summed E-state index contributed by atoms with van der Waals surface area (Å²) in [4.78, 5) is 105. The van der Waals surface area contributed by atoms with E-state index in [0.29, 0.717) is 0 Å². The monoisotopic (exact) mass is 910 g/mol. The Morgan fingerprint density at radius 3 is 1.83 bits per heavy atom. The number of aromatic nitrogens is 8. The van der Waals surface area contributed by atoms with Gasteiger partial charge in [-0.05, 0) is 0 Å². The molecule has 326 valence electrons. The summed E-state index contributed by atoms with van der Waals surface area (Å²) < 4.78 is 84.2. The predicted octanol–water partition coefficient (Wildman–Crippen LogP) is -2.30. The number of aliphatic hydroxyl groups is 1. The highest BCUT2D eigenvalue weighted by Crippen LogP contribution is 2.52. The van der Waals surface area contributed by atoms with Crippen molar-refractivity contribution in [1.29, 1.82) is 0 Å². The van der Waals surface area contributed by atoms with E-state index in [1.54, 1.807) is 0 Å². The van der Waals surface area contributed by atoms with Gasteiger partial charge < -0.3 is 34.8 Å². The molecule has 4 aromatic heterocycles. The number of H-pyrrole nitrogens is 3. The number of anilines is 1. The third kappa shape index (κ3) is 10.0. The molecule has 0 bridgehead atoms. The number of ether oxygens (including phenoxy) is 3. The fourth-order valence-electron chi connectivity index (χ4n) is 6.64. The summed E-state index contributed by atoms with van der Waals surface area (Å²) in [5.74, 6) is -0.253. The van der Waals surface area contributed by atoms with Gasteiger partial charge in [-0.25, -0.2) is 23.7 Å². The fraction of sp³-hybridized carbons (Fsp3) is 0.536. The molecule has 7 rings (SSSR count). The minimum Gasteiger partial charge on any atom is -0.390 e. The van der Waals surface area contributed by atoms with Crippen molar-refractivity contribution in [1.82, 2.24) is 38.6 Å². The Morgan fingerprint density at radius 2 is 1.28 bits per heavy atom. The van der Waals surface area contributed by atoms with E-state index in [1.807, 2.05) is 9.97 Å². The molecule has 3 fully saturated rings. The molecule has 0 amide bonds. The molecular weight excluding hydrogens is 875 g/mol. The molecule has 3 saturated heterocycles. The molecule has 29 nitrogen and oxygen atoms in total. The third-order valence-corrected chi connectivity index (χ3v) is 11.7. The number of nitrogens with two attached hydrogens (primary N) is 1. The first-order chi connectivity index (χ1) is 28.3. The number of nitrogens with zero attached hydrogens (tertiary/aromatic N) is 5. The number of hydrogen-bond donors (Lipinski definition) is 8. The maximum atomic E-state index is 13.4. The lowest BCUT2D eigenvalue weighted by Gasteiger charge is -2.24. The normalized spacial score (nSPS) is 29.1. The van der Waals surface area contributed by atoms with Crippen LogP contribution in [0.3, 0.4) is 0 Å². The van der Waals surface area contributed by atoms with Crippen LogP contribution in [0.4, 0.5) is 5.95 Å². The molecule has 0 aliphatic carbocycles. The Balaban J connectivity index is 1.04. The van der Waals surface area contributed by atoms with Gasteiger partial charge in [-0.1, -0.05) is 0 Å². The van der Waals surface area contributed by atoms with Gasteiger partial charge in [-0.3, -0.25) is 61.1 Å². The molecule has 60 heavy (non-hydrogen) atoms.